The van der Waals surface area contributed by atoms with Gasteiger partial charge in [-0.1, -0.05) is 41.9 Å². The van der Waals surface area contributed by atoms with Crippen LogP contribution in [0.3, 0.4) is 0 Å². The fourth-order valence-electron chi connectivity index (χ4n) is 3.08. The van der Waals surface area contributed by atoms with Crippen LogP contribution in [0.25, 0.3) is 16.6 Å². The molecule has 0 bridgehead atoms. The summed E-state index contributed by atoms with van der Waals surface area (Å²) in [6, 6.07) is 7.81. The number of carboxylic acids is 1. The van der Waals surface area contributed by atoms with Gasteiger partial charge < -0.3 is 5.11 Å². The number of pyridine rings is 1. The second-order valence-electron chi connectivity index (χ2n) is 6.06. The van der Waals surface area contributed by atoms with Crippen molar-refractivity contribution in [2.24, 2.45) is 0 Å². The molecule has 124 valence electrons. The van der Waals surface area contributed by atoms with Gasteiger partial charge in [0, 0.05) is 16.2 Å². The lowest BCUT2D eigenvalue weighted by atomic mass is 9.92. The van der Waals surface area contributed by atoms with Gasteiger partial charge in [0.25, 0.3) is 0 Å². The number of nitrogens with zero attached hydrogens (tertiary/aromatic N) is 2. The van der Waals surface area contributed by atoms with E-state index in [1.54, 1.807) is 10.7 Å². The van der Waals surface area contributed by atoms with E-state index in [9.17, 15) is 9.90 Å². The second kappa shape index (κ2) is 6.40. The van der Waals surface area contributed by atoms with Crippen molar-refractivity contribution in [3.8, 4) is 11.1 Å². The Labute approximate surface area is 149 Å². The van der Waals surface area contributed by atoms with E-state index in [-0.39, 0.29) is 5.92 Å². The van der Waals surface area contributed by atoms with E-state index in [0.29, 0.717) is 11.1 Å². The maximum atomic E-state index is 12.0. The Bertz CT molecular complexity index is 913. The van der Waals surface area contributed by atoms with Crippen LogP contribution in [0.2, 0.25) is 0 Å². The lowest BCUT2D eigenvalue weighted by molar-refractivity contribution is 0.0697. The normalized spacial score (nSPS) is 12.5. The lowest BCUT2D eigenvalue weighted by Crippen LogP contribution is -2.09. The summed E-state index contributed by atoms with van der Waals surface area (Å²) in [7, 11) is 0. The van der Waals surface area contributed by atoms with Gasteiger partial charge in [0.05, 0.1) is 17.3 Å². The van der Waals surface area contributed by atoms with Crippen LogP contribution in [0.5, 0.6) is 0 Å². The number of carbonyl (C=O) groups is 1. The Morgan fingerprint density at radius 2 is 2.00 bits per heavy atom. The molecule has 1 N–H and O–H groups in total. The van der Waals surface area contributed by atoms with Gasteiger partial charge in [0.1, 0.15) is 0 Å². The van der Waals surface area contributed by atoms with Gasteiger partial charge in [0.15, 0.2) is 0 Å². The van der Waals surface area contributed by atoms with E-state index < -0.39 is 5.97 Å². The highest BCUT2D eigenvalue weighted by molar-refractivity contribution is 9.10. The van der Waals surface area contributed by atoms with E-state index >= 15 is 0 Å². The lowest BCUT2D eigenvalue weighted by Gasteiger charge is -2.16. The van der Waals surface area contributed by atoms with Crippen LogP contribution in [0.4, 0.5) is 0 Å². The van der Waals surface area contributed by atoms with Crippen molar-refractivity contribution in [1.29, 1.82) is 0 Å². The minimum Gasteiger partial charge on any atom is -0.478 e. The maximum Gasteiger partial charge on any atom is 0.338 e. The van der Waals surface area contributed by atoms with Crippen LogP contribution in [0.15, 0.2) is 41.1 Å². The monoisotopic (exact) mass is 386 g/mol. The van der Waals surface area contributed by atoms with Crippen molar-refractivity contribution in [2.75, 3.05) is 0 Å². The standard InChI is InChI=1S/C19H19BrN2O2/c1-4-11(2)16-10-22-18(17(12(16)3)19(23)24)15(9-21-22)13-5-7-14(20)8-6-13/h5-11H,4H2,1-3H3,(H,23,24). The molecule has 2 heterocycles. The zero-order valence-electron chi connectivity index (χ0n) is 13.9. The summed E-state index contributed by atoms with van der Waals surface area (Å²) in [5.74, 6) is -0.630. The smallest absolute Gasteiger partial charge is 0.338 e. The molecule has 3 aromatic rings. The molecule has 3 rings (SSSR count). The molecule has 0 fully saturated rings. The van der Waals surface area contributed by atoms with Crippen molar-refractivity contribution in [2.45, 2.75) is 33.1 Å². The summed E-state index contributed by atoms with van der Waals surface area (Å²) in [5.41, 5.74) is 4.62. The first kappa shape index (κ1) is 16.7. The summed E-state index contributed by atoms with van der Waals surface area (Å²) < 4.78 is 2.69. The molecule has 0 saturated carbocycles. The van der Waals surface area contributed by atoms with Crippen LogP contribution >= 0.6 is 15.9 Å². The van der Waals surface area contributed by atoms with Crippen LogP contribution in [0.1, 0.15) is 47.7 Å². The Kier molecular flexibility index (Phi) is 4.45. The topological polar surface area (TPSA) is 54.6 Å². The number of hydrogen-bond acceptors (Lipinski definition) is 2. The number of fused-ring (bicyclic) bond motifs is 1. The number of carboxylic acid groups (broad SMARTS) is 1. The SMILES string of the molecule is CCC(C)c1cn2ncc(-c3ccc(Br)cc3)c2c(C(=O)O)c1C. The molecule has 0 spiro atoms. The van der Waals surface area contributed by atoms with Crippen LogP contribution in [0, 0.1) is 6.92 Å². The predicted octanol–water partition coefficient (Wildman–Crippen LogP) is 5.28. The Balaban J connectivity index is 2.33. The highest BCUT2D eigenvalue weighted by Crippen LogP contribution is 2.33. The minimum absolute atomic E-state index is 0.285. The van der Waals surface area contributed by atoms with Gasteiger partial charge in [-0.3, -0.25) is 0 Å². The second-order valence-corrected chi connectivity index (χ2v) is 6.97. The van der Waals surface area contributed by atoms with E-state index in [1.807, 2.05) is 37.4 Å². The third-order valence-electron chi connectivity index (χ3n) is 4.61. The molecule has 5 heteroatoms. The number of aromatic nitrogens is 2. The van der Waals surface area contributed by atoms with Crippen molar-refractivity contribution in [3.05, 3.63) is 57.8 Å². The molecular weight excluding hydrogens is 368 g/mol. The van der Waals surface area contributed by atoms with Crippen molar-refractivity contribution >= 4 is 27.4 Å². The Morgan fingerprint density at radius 1 is 1.33 bits per heavy atom. The van der Waals surface area contributed by atoms with Crippen molar-refractivity contribution < 1.29 is 9.90 Å². The summed E-state index contributed by atoms with van der Waals surface area (Å²) in [6.07, 6.45) is 4.66. The first-order valence-corrected chi connectivity index (χ1v) is 8.73. The van der Waals surface area contributed by atoms with Gasteiger partial charge in [-0.2, -0.15) is 5.10 Å². The first-order valence-electron chi connectivity index (χ1n) is 7.94. The summed E-state index contributed by atoms with van der Waals surface area (Å²) in [5, 5.41) is 14.2. The number of benzene rings is 1. The van der Waals surface area contributed by atoms with Gasteiger partial charge in [-0.05, 0) is 48.1 Å². The summed E-state index contributed by atoms with van der Waals surface area (Å²) in [4.78, 5) is 12.0. The van der Waals surface area contributed by atoms with Gasteiger partial charge in [0.2, 0.25) is 0 Å². The molecule has 0 aliphatic rings. The molecule has 1 aromatic carbocycles. The first-order chi connectivity index (χ1) is 11.4. The number of halogens is 1. The quantitative estimate of drug-likeness (QED) is 0.662. The number of rotatable bonds is 4. The molecule has 0 amide bonds. The molecule has 2 aromatic heterocycles. The largest absolute Gasteiger partial charge is 0.478 e. The average Bonchev–Trinajstić information content (AvgIpc) is 2.97. The van der Waals surface area contributed by atoms with Gasteiger partial charge in [-0.15, -0.1) is 0 Å². The average molecular weight is 387 g/mol. The van der Waals surface area contributed by atoms with Crippen LogP contribution in [-0.4, -0.2) is 20.7 Å². The number of aromatic carboxylic acids is 1. The molecule has 0 aliphatic carbocycles. The van der Waals surface area contributed by atoms with Crippen LogP contribution < -0.4 is 0 Å². The fraction of sp³-hybridized carbons (Fsp3) is 0.263. The molecule has 0 radical (unpaired) electrons. The number of hydrogen-bond donors (Lipinski definition) is 1. The van der Waals surface area contributed by atoms with Gasteiger partial charge in [-0.25, -0.2) is 9.31 Å². The van der Waals surface area contributed by atoms with E-state index in [0.717, 1.165) is 33.1 Å². The molecule has 24 heavy (non-hydrogen) atoms. The molecule has 4 nitrogen and oxygen atoms in total. The highest BCUT2D eigenvalue weighted by Gasteiger charge is 2.22. The summed E-state index contributed by atoms with van der Waals surface area (Å²) in [6.45, 7) is 6.10. The molecule has 0 aliphatic heterocycles. The van der Waals surface area contributed by atoms with Crippen molar-refractivity contribution in [1.82, 2.24) is 9.61 Å². The molecular formula is C19H19BrN2O2. The maximum absolute atomic E-state index is 12.0. The minimum atomic E-state index is -0.915. The van der Waals surface area contributed by atoms with Gasteiger partial charge >= 0.3 is 5.97 Å². The molecule has 0 saturated heterocycles. The zero-order valence-corrected chi connectivity index (χ0v) is 15.5. The van der Waals surface area contributed by atoms with Crippen LogP contribution in [-0.2, 0) is 0 Å². The van der Waals surface area contributed by atoms with E-state index in [4.69, 9.17) is 0 Å². The Morgan fingerprint density at radius 3 is 2.58 bits per heavy atom. The van der Waals surface area contributed by atoms with E-state index in [2.05, 4.69) is 34.9 Å². The van der Waals surface area contributed by atoms with Crippen molar-refractivity contribution in [3.63, 3.8) is 0 Å². The fourth-order valence-corrected chi connectivity index (χ4v) is 3.34. The highest BCUT2D eigenvalue weighted by atomic mass is 79.9. The van der Waals surface area contributed by atoms with E-state index in [1.165, 1.54) is 0 Å². The summed E-state index contributed by atoms with van der Waals surface area (Å²) >= 11 is 3.43. The zero-order chi connectivity index (χ0) is 17.4. The molecule has 1 unspecified atom stereocenters. The third kappa shape index (κ3) is 2.73. The third-order valence-corrected chi connectivity index (χ3v) is 5.14. The predicted molar refractivity (Wildman–Crippen MR) is 98.7 cm³/mol. The molecule has 1 atom stereocenters. The Hall–Kier alpha value is -2.14.